The Morgan fingerprint density at radius 1 is 1.12 bits per heavy atom. The summed E-state index contributed by atoms with van der Waals surface area (Å²) in [6.45, 7) is 2.17. The van der Waals surface area contributed by atoms with Gasteiger partial charge in [-0.25, -0.2) is 12.2 Å². The van der Waals surface area contributed by atoms with Crippen LogP contribution in [0.15, 0.2) is 60.7 Å². The van der Waals surface area contributed by atoms with Crippen LogP contribution >= 0.6 is 0 Å². The van der Waals surface area contributed by atoms with Gasteiger partial charge in [-0.3, -0.25) is 15.7 Å². The number of hydrogen-bond acceptors (Lipinski definition) is 2. The summed E-state index contributed by atoms with van der Waals surface area (Å²) in [5, 5.41) is 17.5. The van der Waals surface area contributed by atoms with Crippen LogP contribution in [-0.4, -0.2) is 27.0 Å². The molecular formula is C19H22O4Ti. The summed E-state index contributed by atoms with van der Waals surface area (Å²) < 4.78 is 0. The Kier molecular flexibility index (Phi) is 17.3. The fourth-order valence-corrected chi connectivity index (χ4v) is 1.41. The molecule has 1 aliphatic rings. The second-order valence-electron chi connectivity index (χ2n) is 4.20. The van der Waals surface area contributed by atoms with Crippen LogP contribution in [0.5, 0.6) is 0 Å². The Bertz CT molecular complexity index is 581. The van der Waals surface area contributed by atoms with Crippen molar-refractivity contribution in [3.05, 3.63) is 66.8 Å². The monoisotopic (exact) mass is 362 g/mol. The number of carboxylic acid groups (broad SMARTS) is 2. The molecule has 0 radical (unpaired) electrons. The topological polar surface area (TPSA) is 74.6 Å². The molecule has 3 rings (SSSR count). The zero-order chi connectivity index (χ0) is 18.8. The summed E-state index contributed by atoms with van der Waals surface area (Å²) in [5.74, 6) is -1.67. The first-order chi connectivity index (χ1) is 11.4. The van der Waals surface area contributed by atoms with Gasteiger partial charge in [0.05, 0.1) is 0 Å². The second-order valence-corrected chi connectivity index (χ2v) is 4.20. The van der Waals surface area contributed by atoms with Gasteiger partial charge in [-0.05, 0) is 0 Å². The molecule has 0 heterocycles. The Morgan fingerprint density at radius 2 is 1.67 bits per heavy atom. The van der Waals surface area contributed by atoms with Crippen LogP contribution in [0.1, 0.15) is 20.3 Å². The molecule has 24 heavy (non-hydrogen) atoms. The molecule has 2 aromatic carbocycles. The van der Waals surface area contributed by atoms with Crippen LogP contribution in [0.4, 0.5) is 0 Å². The van der Waals surface area contributed by atoms with Gasteiger partial charge in [0.15, 0.2) is 0 Å². The van der Waals surface area contributed by atoms with E-state index in [1.54, 1.807) is 20.0 Å². The first-order valence-corrected chi connectivity index (χ1v) is 8.10. The zero-order valence-electron chi connectivity index (χ0n) is 13.9. The Balaban J connectivity index is 0. The van der Waals surface area contributed by atoms with Gasteiger partial charge in [-0.1, -0.05) is 6.07 Å². The summed E-state index contributed by atoms with van der Waals surface area (Å²) in [7, 11) is 0. The smallest absolute Gasteiger partial charge is 0.0809 e. The summed E-state index contributed by atoms with van der Waals surface area (Å²) in [5.41, 5.74) is 0. The summed E-state index contributed by atoms with van der Waals surface area (Å²) in [6.07, 6.45) is 10.0. The maximum absolute atomic E-state index is 9.00. The van der Waals surface area contributed by atoms with Crippen molar-refractivity contribution in [3.63, 3.8) is 0 Å². The van der Waals surface area contributed by atoms with Crippen molar-refractivity contribution < 1.29 is 39.8 Å². The van der Waals surface area contributed by atoms with Crippen LogP contribution < -0.4 is 0 Å². The molecule has 0 unspecified atom stereocenters. The van der Waals surface area contributed by atoms with Gasteiger partial charge in [-0.2, -0.15) is 23.6 Å². The average molecular weight is 362 g/mol. The molecule has 0 amide bonds. The summed E-state index contributed by atoms with van der Waals surface area (Å²) in [4.78, 5) is 21.2. The third kappa shape index (κ3) is 17.9. The van der Waals surface area contributed by atoms with Crippen LogP contribution in [-0.2, 0) is 29.6 Å². The Labute approximate surface area is 154 Å². The standard InChI is InChI=1S/C9H7.C5H5.2C2H4O2.CH2.Ti/c1-2-5-9-7-3-6-8(9)4-1;1-2-4-5-3-1;2*1-2(3)4;;/h1-7H;1-3H,4H2;2*1H3,(H,3,4);1H2;/q2*-1;;;;+2. The first-order valence-electron chi connectivity index (χ1n) is 7.00. The van der Waals surface area contributed by atoms with Gasteiger partial charge in [-0.15, -0.1) is 36.1 Å². The van der Waals surface area contributed by atoms with Gasteiger partial charge in [0.25, 0.3) is 11.9 Å². The molecule has 5 heteroatoms. The molecule has 2 N–H and O–H groups in total. The van der Waals surface area contributed by atoms with Crippen molar-refractivity contribution in [2.24, 2.45) is 0 Å². The van der Waals surface area contributed by atoms with Crippen LogP contribution in [0.25, 0.3) is 10.8 Å². The van der Waals surface area contributed by atoms with Gasteiger partial charge < -0.3 is 10.2 Å². The third-order valence-corrected chi connectivity index (χ3v) is 2.13. The minimum atomic E-state index is -0.833. The number of allylic oxidation sites excluding steroid dienone is 4. The minimum Gasteiger partial charge on any atom is -0.168 e. The molecule has 2 aromatic rings. The van der Waals surface area contributed by atoms with E-state index in [2.05, 4.69) is 59.4 Å². The van der Waals surface area contributed by atoms with Gasteiger partial charge >= 0.3 is 24.8 Å². The van der Waals surface area contributed by atoms with Crippen molar-refractivity contribution in [1.29, 1.82) is 0 Å². The van der Waals surface area contributed by atoms with Crippen molar-refractivity contribution in [2.45, 2.75) is 20.3 Å². The van der Waals surface area contributed by atoms with Crippen molar-refractivity contribution in [1.82, 2.24) is 0 Å². The van der Waals surface area contributed by atoms with E-state index >= 15 is 0 Å². The zero-order valence-corrected chi connectivity index (χ0v) is 15.5. The predicted octanol–water partition coefficient (Wildman–Crippen LogP) is 4.01. The largest absolute Gasteiger partial charge is 0.168 e. The molecule has 0 fully saturated rings. The Hall–Kier alpha value is -2.17. The van der Waals surface area contributed by atoms with Crippen LogP contribution in [0.3, 0.4) is 0 Å². The third-order valence-electron chi connectivity index (χ3n) is 2.13. The first kappa shape index (κ1) is 24.1. The van der Waals surface area contributed by atoms with Gasteiger partial charge in [0.1, 0.15) is 0 Å². The fourth-order valence-electron chi connectivity index (χ4n) is 1.41. The summed E-state index contributed by atoms with van der Waals surface area (Å²) >= 11 is 1.75. The molecule has 0 bridgehead atoms. The molecule has 126 valence electrons. The SMILES string of the molecule is CC(=O)O.CC(=O)O.[C-]1=CC=CC1.[CH2]=[Ti+2].c1ccc2[cH-]ccc2c1. The molecule has 0 saturated carbocycles. The minimum absolute atomic E-state index is 0.833. The molecule has 1 aliphatic carbocycles. The molecule has 0 aliphatic heterocycles. The normalized spacial score (nSPS) is 9.83. The second kappa shape index (κ2) is 17.2. The van der Waals surface area contributed by atoms with E-state index in [9.17, 15) is 0 Å². The average Bonchev–Trinajstić information content (AvgIpc) is 3.23. The number of aliphatic carboxylic acids is 2. The number of benzene rings is 1. The van der Waals surface area contributed by atoms with E-state index in [4.69, 9.17) is 19.8 Å². The molecular weight excluding hydrogens is 340 g/mol. The van der Waals surface area contributed by atoms with Crippen molar-refractivity contribution in [3.8, 4) is 0 Å². The predicted molar refractivity (Wildman–Crippen MR) is 94.9 cm³/mol. The van der Waals surface area contributed by atoms with Crippen molar-refractivity contribution in [2.75, 3.05) is 0 Å². The van der Waals surface area contributed by atoms with E-state index in [0.717, 1.165) is 20.3 Å². The molecule has 0 saturated heterocycles. The van der Waals surface area contributed by atoms with Crippen molar-refractivity contribution >= 4 is 27.5 Å². The molecule has 0 spiro atoms. The van der Waals surface area contributed by atoms with Crippen LogP contribution in [0.2, 0.25) is 0 Å². The fraction of sp³-hybridized carbons (Fsp3) is 0.158. The molecule has 4 nitrogen and oxygen atoms in total. The number of carboxylic acids is 2. The maximum atomic E-state index is 9.00. The Morgan fingerprint density at radius 3 is 2.04 bits per heavy atom. The number of hydrogen-bond donors (Lipinski definition) is 2. The molecule has 0 aromatic heterocycles. The van der Waals surface area contributed by atoms with E-state index < -0.39 is 11.9 Å². The quantitative estimate of drug-likeness (QED) is 0.549. The van der Waals surface area contributed by atoms with E-state index in [0.29, 0.717) is 0 Å². The van der Waals surface area contributed by atoms with E-state index in [1.165, 1.54) is 10.8 Å². The van der Waals surface area contributed by atoms with Gasteiger partial charge in [0.2, 0.25) is 0 Å². The maximum Gasteiger partial charge on any atom is -0.0809 e. The summed E-state index contributed by atoms with van der Waals surface area (Å²) in [6, 6.07) is 14.7. The van der Waals surface area contributed by atoms with Crippen LogP contribution in [0, 0.1) is 6.08 Å². The number of carbonyl (C=O) groups is 2. The number of fused-ring (bicyclic) bond motifs is 1. The molecule has 0 atom stereocenters. The van der Waals surface area contributed by atoms with E-state index in [-0.39, 0.29) is 0 Å². The number of rotatable bonds is 0. The van der Waals surface area contributed by atoms with E-state index in [1.807, 2.05) is 12.2 Å². The van der Waals surface area contributed by atoms with Gasteiger partial charge in [0, 0.05) is 13.8 Å².